The van der Waals surface area contributed by atoms with Crippen molar-refractivity contribution in [2.75, 3.05) is 11.5 Å². The molecule has 86 valence electrons. The maximum absolute atomic E-state index is 6.09. The van der Waals surface area contributed by atoms with Crippen molar-refractivity contribution in [2.45, 2.75) is 50.3 Å². The Hall–Kier alpha value is 1.28. The Morgan fingerprint density at radius 1 is 0.857 bits per heavy atom. The molecule has 0 saturated carbocycles. The monoisotopic (exact) mass is 274 g/mol. The molecule has 0 rings (SSSR count). The Bertz CT molecular complexity index is 109. The van der Waals surface area contributed by atoms with Gasteiger partial charge in [0.25, 0.3) is 0 Å². The van der Waals surface area contributed by atoms with E-state index in [0.29, 0.717) is 10.8 Å². The maximum atomic E-state index is 6.09. The maximum Gasteiger partial charge on any atom is 0.0434 e. The van der Waals surface area contributed by atoms with Crippen molar-refractivity contribution in [3.05, 3.63) is 0 Å². The van der Waals surface area contributed by atoms with Crippen LogP contribution in [0.25, 0.3) is 0 Å². The smallest absolute Gasteiger partial charge is 0.0434 e. The summed E-state index contributed by atoms with van der Waals surface area (Å²) in [5.41, 5.74) is 0. The molecular weight excluding hydrogens is 255 g/mol. The van der Waals surface area contributed by atoms with Crippen LogP contribution in [0.3, 0.4) is 0 Å². The molecule has 0 saturated heterocycles. The normalized spacial score (nSPS) is 15.4. The third kappa shape index (κ3) is 9.82. The SMILES string of the molecule is CCCC(Cl)CSSCC(Cl)CCC. The van der Waals surface area contributed by atoms with Crippen molar-refractivity contribution >= 4 is 44.8 Å². The highest BCUT2D eigenvalue weighted by atomic mass is 35.5. The van der Waals surface area contributed by atoms with Crippen molar-refractivity contribution in [1.82, 2.24) is 0 Å². The molecule has 0 aromatic rings. The van der Waals surface area contributed by atoms with Crippen molar-refractivity contribution in [1.29, 1.82) is 0 Å². The van der Waals surface area contributed by atoms with E-state index in [0.717, 1.165) is 24.3 Å². The second kappa shape index (κ2) is 10.8. The van der Waals surface area contributed by atoms with Gasteiger partial charge in [-0.1, -0.05) is 48.3 Å². The van der Waals surface area contributed by atoms with Gasteiger partial charge in [-0.2, -0.15) is 0 Å². The van der Waals surface area contributed by atoms with Gasteiger partial charge in [0.2, 0.25) is 0 Å². The summed E-state index contributed by atoms with van der Waals surface area (Å²) in [6.07, 6.45) is 4.59. The standard InChI is InChI=1S/C10H20Cl2S2/c1-3-5-9(11)7-13-14-8-10(12)6-4-2/h9-10H,3-8H2,1-2H3. The van der Waals surface area contributed by atoms with Crippen LogP contribution in [0.2, 0.25) is 0 Å². The Kier molecular flexibility index (Phi) is 11.8. The molecule has 0 aliphatic rings. The lowest BCUT2D eigenvalue weighted by Crippen LogP contribution is -2.02. The van der Waals surface area contributed by atoms with Crippen LogP contribution in [0.15, 0.2) is 0 Å². The third-order valence-electron chi connectivity index (χ3n) is 1.78. The van der Waals surface area contributed by atoms with Gasteiger partial charge in [-0.05, 0) is 12.8 Å². The quantitative estimate of drug-likeness (QED) is 0.323. The number of alkyl halides is 2. The van der Waals surface area contributed by atoms with E-state index in [4.69, 9.17) is 23.2 Å². The zero-order valence-electron chi connectivity index (χ0n) is 8.97. The molecule has 0 bridgehead atoms. The van der Waals surface area contributed by atoms with E-state index in [1.165, 1.54) is 12.8 Å². The first-order valence-electron chi connectivity index (χ1n) is 5.23. The van der Waals surface area contributed by atoms with Gasteiger partial charge in [0.15, 0.2) is 0 Å². The molecule has 4 heteroatoms. The van der Waals surface area contributed by atoms with Gasteiger partial charge in [0, 0.05) is 22.3 Å². The molecule has 0 aromatic carbocycles. The van der Waals surface area contributed by atoms with Gasteiger partial charge in [-0.25, -0.2) is 0 Å². The number of rotatable bonds is 9. The predicted octanol–water partition coefficient (Wildman–Crippen LogP) is 5.18. The van der Waals surface area contributed by atoms with E-state index in [1.807, 2.05) is 21.6 Å². The molecule has 0 N–H and O–H groups in total. The van der Waals surface area contributed by atoms with Crippen molar-refractivity contribution in [2.24, 2.45) is 0 Å². The Balaban J connectivity index is 3.19. The van der Waals surface area contributed by atoms with E-state index in [1.54, 1.807) is 0 Å². The van der Waals surface area contributed by atoms with Crippen LogP contribution in [0.4, 0.5) is 0 Å². The van der Waals surface area contributed by atoms with E-state index in [-0.39, 0.29) is 0 Å². The Morgan fingerprint density at radius 2 is 1.21 bits per heavy atom. The highest BCUT2D eigenvalue weighted by molar-refractivity contribution is 8.76. The number of hydrogen-bond acceptors (Lipinski definition) is 2. The minimum absolute atomic E-state index is 0.331. The topological polar surface area (TPSA) is 0 Å². The molecule has 0 spiro atoms. The van der Waals surface area contributed by atoms with Crippen molar-refractivity contribution < 1.29 is 0 Å². The van der Waals surface area contributed by atoms with E-state index in [2.05, 4.69) is 13.8 Å². The van der Waals surface area contributed by atoms with E-state index >= 15 is 0 Å². The summed E-state index contributed by atoms with van der Waals surface area (Å²) in [6.45, 7) is 4.34. The van der Waals surface area contributed by atoms with Crippen molar-refractivity contribution in [3.8, 4) is 0 Å². The molecule has 14 heavy (non-hydrogen) atoms. The van der Waals surface area contributed by atoms with Crippen molar-refractivity contribution in [3.63, 3.8) is 0 Å². The van der Waals surface area contributed by atoms with Crippen LogP contribution in [-0.4, -0.2) is 22.3 Å². The summed E-state index contributed by atoms with van der Waals surface area (Å²) < 4.78 is 0. The van der Waals surface area contributed by atoms with Gasteiger partial charge < -0.3 is 0 Å². The molecule has 2 atom stereocenters. The first-order chi connectivity index (χ1) is 6.70. The molecule has 0 aliphatic carbocycles. The third-order valence-corrected chi connectivity index (χ3v) is 5.46. The van der Waals surface area contributed by atoms with Gasteiger partial charge in [0.1, 0.15) is 0 Å². The van der Waals surface area contributed by atoms with Crippen LogP contribution in [0.1, 0.15) is 39.5 Å². The molecule has 0 heterocycles. The fourth-order valence-corrected chi connectivity index (χ4v) is 4.68. The lowest BCUT2D eigenvalue weighted by atomic mass is 10.3. The summed E-state index contributed by atoms with van der Waals surface area (Å²) in [5.74, 6) is 2.07. The van der Waals surface area contributed by atoms with Crippen LogP contribution >= 0.6 is 44.8 Å². The minimum atomic E-state index is 0.331. The fourth-order valence-electron chi connectivity index (χ4n) is 1.04. The highest BCUT2D eigenvalue weighted by Crippen LogP contribution is 2.27. The summed E-state index contributed by atoms with van der Waals surface area (Å²) in [6, 6.07) is 0. The average molecular weight is 275 g/mol. The first kappa shape index (κ1) is 15.3. The number of hydrogen-bond donors (Lipinski definition) is 0. The van der Waals surface area contributed by atoms with E-state index < -0.39 is 0 Å². The molecule has 0 fully saturated rings. The molecular formula is C10H20Cl2S2. The van der Waals surface area contributed by atoms with Crippen LogP contribution in [0.5, 0.6) is 0 Å². The van der Waals surface area contributed by atoms with Gasteiger partial charge in [-0.3, -0.25) is 0 Å². The minimum Gasteiger partial charge on any atom is -0.122 e. The lowest BCUT2D eigenvalue weighted by molar-refractivity contribution is 0.785. The molecule has 0 aromatic heterocycles. The summed E-state index contributed by atoms with van der Waals surface area (Å²) in [7, 11) is 3.71. The number of halogens is 2. The van der Waals surface area contributed by atoms with E-state index in [9.17, 15) is 0 Å². The molecule has 0 radical (unpaired) electrons. The largest absolute Gasteiger partial charge is 0.122 e. The molecule has 0 nitrogen and oxygen atoms in total. The lowest BCUT2D eigenvalue weighted by Gasteiger charge is -2.09. The van der Waals surface area contributed by atoms with Gasteiger partial charge in [-0.15, -0.1) is 23.2 Å². The van der Waals surface area contributed by atoms with Gasteiger partial charge in [0.05, 0.1) is 0 Å². The Morgan fingerprint density at radius 3 is 1.50 bits per heavy atom. The summed E-state index contributed by atoms with van der Waals surface area (Å²) >= 11 is 12.2. The zero-order valence-corrected chi connectivity index (χ0v) is 12.1. The second-order valence-corrected chi connectivity index (χ2v) is 7.13. The zero-order chi connectivity index (χ0) is 10.8. The predicted molar refractivity (Wildman–Crippen MR) is 74.0 cm³/mol. The van der Waals surface area contributed by atoms with Crippen LogP contribution in [-0.2, 0) is 0 Å². The van der Waals surface area contributed by atoms with Gasteiger partial charge >= 0.3 is 0 Å². The Labute approximate surface area is 106 Å². The average Bonchev–Trinajstić information content (AvgIpc) is 2.13. The first-order valence-corrected chi connectivity index (χ1v) is 8.59. The van der Waals surface area contributed by atoms with Crippen LogP contribution in [0, 0.1) is 0 Å². The fraction of sp³-hybridized carbons (Fsp3) is 1.00. The molecule has 0 amide bonds. The summed E-state index contributed by atoms with van der Waals surface area (Å²) in [5, 5.41) is 0.662. The summed E-state index contributed by atoms with van der Waals surface area (Å²) in [4.78, 5) is 0. The van der Waals surface area contributed by atoms with Crippen LogP contribution < -0.4 is 0 Å². The molecule has 2 unspecified atom stereocenters. The molecule has 0 aliphatic heterocycles. The second-order valence-electron chi connectivity index (χ2n) is 3.34. The highest BCUT2D eigenvalue weighted by Gasteiger charge is 2.06.